The second-order valence-corrected chi connectivity index (χ2v) is 10.9. The van der Waals surface area contributed by atoms with Gasteiger partial charge in [0.25, 0.3) is 0 Å². The van der Waals surface area contributed by atoms with Crippen LogP contribution in [0.25, 0.3) is 11.1 Å². The summed E-state index contributed by atoms with van der Waals surface area (Å²) in [6, 6.07) is 17.1. The molecule has 0 saturated heterocycles. The lowest BCUT2D eigenvalue weighted by molar-refractivity contribution is -0.114. The van der Waals surface area contributed by atoms with Crippen LogP contribution in [0.2, 0.25) is 0 Å². The molecule has 1 N–H and O–H groups in total. The normalized spacial score (nSPS) is 15.6. The fourth-order valence-electron chi connectivity index (χ4n) is 4.34. The van der Waals surface area contributed by atoms with E-state index in [1.807, 2.05) is 0 Å². The van der Waals surface area contributed by atoms with E-state index < -0.39 is 5.54 Å². The van der Waals surface area contributed by atoms with Crippen molar-refractivity contribution in [3.63, 3.8) is 0 Å². The molecule has 0 aromatic heterocycles. The predicted molar refractivity (Wildman–Crippen MR) is 135 cm³/mol. The lowest BCUT2D eigenvalue weighted by Crippen LogP contribution is -2.49. The van der Waals surface area contributed by atoms with E-state index >= 15 is 0 Å². The molecule has 32 heavy (non-hydrogen) atoms. The molecule has 1 saturated carbocycles. The highest BCUT2D eigenvalue weighted by Gasteiger charge is 2.47. The number of hydrogen-bond donors (Lipinski definition) is 1. The number of nitrogens with zero attached hydrogens (tertiary/aromatic N) is 1. The molecule has 1 aliphatic carbocycles. The SMILES string of the molecule is CC(C)=C(NC(C=O)(c1cccc(-c2cccc(C)c2)c1)C1CC1)N(C)CCC(C)(C)C. The Morgan fingerprint density at radius 2 is 1.69 bits per heavy atom. The fraction of sp³-hybridized carbons (Fsp3) is 0.483. The van der Waals surface area contributed by atoms with Crippen molar-refractivity contribution in [1.82, 2.24) is 10.2 Å². The van der Waals surface area contributed by atoms with Crippen LogP contribution in [-0.2, 0) is 10.3 Å². The van der Waals surface area contributed by atoms with Crippen molar-refractivity contribution in [2.75, 3.05) is 13.6 Å². The van der Waals surface area contributed by atoms with E-state index in [-0.39, 0.29) is 5.41 Å². The molecule has 2 aromatic rings. The van der Waals surface area contributed by atoms with Gasteiger partial charge in [-0.25, -0.2) is 0 Å². The van der Waals surface area contributed by atoms with Crippen molar-refractivity contribution in [2.24, 2.45) is 11.3 Å². The number of hydrogen-bond acceptors (Lipinski definition) is 3. The monoisotopic (exact) mass is 432 g/mol. The van der Waals surface area contributed by atoms with Gasteiger partial charge in [-0.2, -0.15) is 0 Å². The van der Waals surface area contributed by atoms with Gasteiger partial charge in [-0.1, -0.05) is 68.8 Å². The third kappa shape index (κ3) is 5.62. The molecule has 0 heterocycles. The highest BCUT2D eigenvalue weighted by molar-refractivity contribution is 5.73. The Labute approximate surface area is 194 Å². The minimum Gasteiger partial charge on any atom is -0.362 e. The second kappa shape index (κ2) is 9.52. The Hall–Kier alpha value is -2.55. The molecular formula is C29H40N2O. The molecular weight excluding hydrogens is 392 g/mol. The van der Waals surface area contributed by atoms with Gasteiger partial charge < -0.3 is 15.0 Å². The zero-order valence-corrected chi connectivity index (χ0v) is 21.0. The van der Waals surface area contributed by atoms with Gasteiger partial charge in [0, 0.05) is 13.6 Å². The van der Waals surface area contributed by atoms with Gasteiger partial charge in [0.15, 0.2) is 0 Å². The van der Waals surface area contributed by atoms with Gasteiger partial charge in [0.1, 0.15) is 17.6 Å². The van der Waals surface area contributed by atoms with Crippen LogP contribution in [0.3, 0.4) is 0 Å². The third-order valence-electron chi connectivity index (χ3n) is 6.48. The zero-order chi connectivity index (χ0) is 23.5. The summed E-state index contributed by atoms with van der Waals surface area (Å²) >= 11 is 0. The van der Waals surface area contributed by atoms with E-state index in [2.05, 4.69) is 107 Å². The van der Waals surface area contributed by atoms with Gasteiger partial charge in [0.2, 0.25) is 0 Å². The number of benzene rings is 2. The zero-order valence-electron chi connectivity index (χ0n) is 21.0. The summed E-state index contributed by atoms with van der Waals surface area (Å²) in [7, 11) is 2.13. The molecule has 0 bridgehead atoms. The van der Waals surface area contributed by atoms with Crippen LogP contribution in [0.4, 0.5) is 0 Å². The van der Waals surface area contributed by atoms with Gasteiger partial charge in [-0.05, 0) is 79.7 Å². The maximum absolute atomic E-state index is 12.8. The molecule has 3 nitrogen and oxygen atoms in total. The molecule has 1 atom stereocenters. The summed E-state index contributed by atoms with van der Waals surface area (Å²) < 4.78 is 0. The molecule has 1 aliphatic rings. The highest BCUT2D eigenvalue weighted by atomic mass is 16.1. The average molecular weight is 433 g/mol. The topological polar surface area (TPSA) is 32.3 Å². The molecule has 0 aliphatic heterocycles. The summed E-state index contributed by atoms with van der Waals surface area (Å²) in [6.07, 6.45) is 4.38. The Kier molecular flexibility index (Phi) is 7.17. The molecule has 172 valence electrons. The quantitative estimate of drug-likeness (QED) is 0.449. The van der Waals surface area contributed by atoms with E-state index in [4.69, 9.17) is 0 Å². The van der Waals surface area contributed by atoms with Crippen molar-refractivity contribution in [2.45, 2.75) is 66.3 Å². The maximum Gasteiger partial charge on any atom is 0.150 e. The molecule has 2 aromatic carbocycles. The van der Waals surface area contributed by atoms with Crippen LogP contribution in [-0.4, -0.2) is 24.8 Å². The van der Waals surface area contributed by atoms with Crippen LogP contribution >= 0.6 is 0 Å². The maximum atomic E-state index is 12.8. The standard InChI is InChI=1S/C29H40N2O/c1-21(2)27(31(7)17-16-28(4,5)6)30-29(20-32,25-14-15-25)26-13-9-12-24(19-26)23-11-8-10-22(3)18-23/h8-13,18-20,25,30H,14-17H2,1-7H3. The van der Waals surface area contributed by atoms with Crippen molar-refractivity contribution < 1.29 is 4.79 Å². The summed E-state index contributed by atoms with van der Waals surface area (Å²) in [5, 5.41) is 3.76. The first-order valence-electron chi connectivity index (χ1n) is 11.9. The summed E-state index contributed by atoms with van der Waals surface area (Å²) in [5.41, 5.74) is 5.39. The Morgan fingerprint density at radius 1 is 1.06 bits per heavy atom. The molecule has 0 amide bonds. The Morgan fingerprint density at radius 3 is 2.22 bits per heavy atom. The van der Waals surface area contributed by atoms with E-state index in [1.54, 1.807) is 0 Å². The average Bonchev–Trinajstić information content (AvgIpc) is 3.58. The van der Waals surface area contributed by atoms with Crippen LogP contribution in [0.1, 0.15) is 65.0 Å². The molecule has 0 spiro atoms. The van der Waals surface area contributed by atoms with Gasteiger partial charge >= 0.3 is 0 Å². The number of allylic oxidation sites excluding steroid dienone is 1. The van der Waals surface area contributed by atoms with Crippen molar-refractivity contribution in [3.05, 3.63) is 71.1 Å². The number of carbonyl (C=O) groups is 1. The number of aldehydes is 1. The molecule has 1 unspecified atom stereocenters. The van der Waals surface area contributed by atoms with Gasteiger partial charge in [0.05, 0.1) is 0 Å². The summed E-state index contributed by atoms with van der Waals surface area (Å²) in [6.45, 7) is 14.1. The van der Waals surface area contributed by atoms with E-state index in [1.165, 1.54) is 16.7 Å². The minimum atomic E-state index is -0.706. The minimum absolute atomic E-state index is 0.265. The largest absolute Gasteiger partial charge is 0.362 e. The third-order valence-corrected chi connectivity index (χ3v) is 6.48. The number of carbonyl (C=O) groups excluding carboxylic acids is 1. The van der Waals surface area contributed by atoms with Crippen LogP contribution in [0.5, 0.6) is 0 Å². The highest BCUT2D eigenvalue weighted by Crippen LogP contribution is 2.46. The van der Waals surface area contributed by atoms with Gasteiger partial charge in [-0.3, -0.25) is 0 Å². The number of nitrogens with one attached hydrogen (secondary N) is 1. The van der Waals surface area contributed by atoms with E-state index in [0.717, 1.165) is 49.0 Å². The van der Waals surface area contributed by atoms with Crippen LogP contribution in [0, 0.1) is 18.3 Å². The molecule has 3 heteroatoms. The van der Waals surface area contributed by atoms with Gasteiger partial charge in [-0.15, -0.1) is 0 Å². The summed E-state index contributed by atoms with van der Waals surface area (Å²) in [4.78, 5) is 15.1. The number of aryl methyl sites for hydroxylation is 1. The van der Waals surface area contributed by atoms with E-state index in [0.29, 0.717) is 5.92 Å². The Balaban J connectivity index is 1.98. The molecule has 3 rings (SSSR count). The smallest absolute Gasteiger partial charge is 0.150 e. The first-order valence-corrected chi connectivity index (χ1v) is 11.9. The molecule has 1 fully saturated rings. The Bertz CT molecular complexity index is 977. The first kappa shape index (κ1) is 24.1. The van der Waals surface area contributed by atoms with E-state index in [9.17, 15) is 4.79 Å². The molecule has 0 radical (unpaired) electrons. The number of rotatable bonds is 9. The van der Waals surface area contributed by atoms with Crippen molar-refractivity contribution in [1.29, 1.82) is 0 Å². The lowest BCUT2D eigenvalue weighted by atomic mass is 9.84. The second-order valence-electron chi connectivity index (χ2n) is 10.9. The van der Waals surface area contributed by atoms with Crippen LogP contribution < -0.4 is 5.32 Å². The predicted octanol–water partition coefficient (Wildman–Crippen LogP) is 6.68. The first-order chi connectivity index (χ1) is 15.1. The fourth-order valence-corrected chi connectivity index (χ4v) is 4.34. The van der Waals surface area contributed by atoms with Crippen molar-refractivity contribution in [3.8, 4) is 11.1 Å². The lowest BCUT2D eigenvalue weighted by Gasteiger charge is -2.37. The summed E-state index contributed by atoms with van der Waals surface area (Å²) in [5.74, 6) is 1.38. The van der Waals surface area contributed by atoms with Crippen LogP contribution in [0.15, 0.2) is 59.9 Å². The van der Waals surface area contributed by atoms with Crippen molar-refractivity contribution >= 4 is 6.29 Å².